The molecule has 0 aliphatic rings. The molecule has 32 heavy (non-hydrogen) atoms. The van der Waals surface area contributed by atoms with Gasteiger partial charge in [-0.25, -0.2) is 9.59 Å². The van der Waals surface area contributed by atoms with Gasteiger partial charge >= 0.3 is 11.6 Å². The summed E-state index contributed by atoms with van der Waals surface area (Å²) in [5.41, 5.74) is 1.47. The Morgan fingerprint density at radius 3 is 2.53 bits per heavy atom. The Bertz CT molecular complexity index is 1390. The van der Waals surface area contributed by atoms with Crippen LogP contribution in [-0.4, -0.2) is 38.1 Å². The summed E-state index contributed by atoms with van der Waals surface area (Å²) in [5, 5.41) is 5.22. The van der Waals surface area contributed by atoms with Crippen LogP contribution in [0.1, 0.15) is 26.4 Å². The third-order valence-electron chi connectivity index (χ3n) is 5.11. The summed E-state index contributed by atoms with van der Waals surface area (Å²) in [6, 6.07) is 14.4. The van der Waals surface area contributed by atoms with Crippen molar-refractivity contribution >= 4 is 39.3 Å². The van der Waals surface area contributed by atoms with Crippen molar-refractivity contribution in [2.24, 2.45) is 0 Å². The molecule has 0 unspecified atom stereocenters. The molecule has 1 amide bonds. The van der Waals surface area contributed by atoms with E-state index in [0.717, 1.165) is 16.5 Å². The summed E-state index contributed by atoms with van der Waals surface area (Å²) in [6.45, 7) is 0.0861. The standard InChI is InChI=1S/C24H21N3O5/c1-27(2)19-7-5-14-8-17-10-20(24(30)32-21(17)11-16(14)9-19)22(28)26-13-18-6-4-15(12-25-18)23(29)31-3/h4-12H,13H2,1-3H3,(H,26,28). The van der Waals surface area contributed by atoms with Gasteiger partial charge in [0.15, 0.2) is 0 Å². The monoisotopic (exact) mass is 431 g/mol. The van der Waals surface area contributed by atoms with Gasteiger partial charge in [0.05, 0.1) is 24.9 Å². The molecule has 4 aromatic rings. The smallest absolute Gasteiger partial charge is 0.349 e. The first-order chi connectivity index (χ1) is 15.4. The van der Waals surface area contributed by atoms with Gasteiger partial charge in [-0.1, -0.05) is 6.07 Å². The van der Waals surface area contributed by atoms with Crippen molar-refractivity contribution < 1.29 is 18.7 Å². The van der Waals surface area contributed by atoms with Gasteiger partial charge < -0.3 is 19.4 Å². The maximum Gasteiger partial charge on any atom is 0.349 e. The summed E-state index contributed by atoms with van der Waals surface area (Å²) < 4.78 is 10.1. The molecule has 0 bridgehead atoms. The van der Waals surface area contributed by atoms with Crippen molar-refractivity contribution in [3.63, 3.8) is 0 Å². The van der Waals surface area contributed by atoms with Crippen LogP contribution in [0.2, 0.25) is 0 Å². The van der Waals surface area contributed by atoms with Gasteiger partial charge in [0.1, 0.15) is 11.1 Å². The van der Waals surface area contributed by atoms with Crippen LogP contribution in [0.25, 0.3) is 21.7 Å². The molecule has 1 N–H and O–H groups in total. The quantitative estimate of drug-likeness (QED) is 0.294. The SMILES string of the molecule is COC(=O)c1ccc(CNC(=O)c2cc3cc4ccc(N(C)C)cc4cc3oc2=O)nc1. The largest absolute Gasteiger partial charge is 0.465 e. The zero-order chi connectivity index (χ0) is 22.8. The fraction of sp³-hybridized carbons (Fsp3) is 0.167. The Balaban J connectivity index is 1.57. The molecule has 0 spiro atoms. The molecular weight excluding hydrogens is 410 g/mol. The van der Waals surface area contributed by atoms with Gasteiger partial charge in [0, 0.05) is 31.4 Å². The second-order valence-corrected chi connectivity index (χ2v) is 7.48. The van der Waals surface area contributed by atoms with Crippen LogP contribution in [0.15, 0.2) is 63.9 Å². The number of esters is 1. The van der Waals surface area contributed by atoms with E-state index in [-0.39, 0.29) is 12.1 Å². The van der Waals surface area contributed by atoms with E-state index in [0.29, 0.717) is 22.2 Å². The highest BCUT2D eigenvalue weighted by Gasteiger charge is 2.15. The van der Waals surface area contributed by atoms with E-state index in [1.54, 1.807) is 18.2 Å². The number of rotatable bonds is 5. The topological polar surface area (TPSA) is 102 Å². The third kappa shape index (κ3) is 4.15. The minimum atomic E-state index is -0.716. The number of nitrogens with zero attached hydrogens (tertiary/aromatic N) is 2. The Kier molecular flexibility index (Phi) is 5.59. The third-order valence-corrected chi connectivity index (χ3v) is 5.11. The Morgan fingerprint density at radius 1 is 1.03 bits per heavy atom. The van der Waals surface area contributed by atoms with E-state index in [2.05, 4.69) is 15.0 Å². The van der Waals surface area contributed by atoms with E-state index in [4.69, 9.17) is 4.42 Å². The normalized spacial score (nSPS) is 10.8. The number of hydrogen-bond donors (Lipinski definition) is 1. The Hall–Kier alpha value is -4.20. The van der Waals surface area contributed by atoms with Crippen molar-refractivity contribution in [1.29, 1.82) is 0 Å². The van der Waals surface area contributed by atoms with Crippen molar-refractivity contribution in [2.75, 3.05) is 26.1 Å². The minimum absolute atomic E-state index is 0.0861. The predicted molar refractivity (Wildman–Crippen MR) is 121 cm³/mol. The number of methoxy groups -OCH3 is 1. The molecule has 0 aliphatic heterocycles. The second-order valence-electron chi connectivity index (χ2n) is 7.48. The molecule has 162 valence electrons. The maximum atomic E-state index is 12.6. The van der Waals surface area contributed by atoms with E-state index in [1.165, 1.54) is 19.4 Å². The number of pyridine rings is 1. The molecule has 0 aliphatic carbocycles. The van der Waals surface area contributed by atoms with Crippen LogP contribution >= 0.6 is 0 Å². The number of nitrogens with one attached hydrogen (secondary N) is 1. The molecule has 0 atom stereocenters. The zero-order valence-corrected chi connectivity index (χ0v) is 17.8. The van der Waals surface area contributed by atoms with Crippen molar-refractivity contribution in [2.45, 2.75) is 6.54 Å². The van der Waals surface area contributed by atoms with E-state index in [1.807, 2.05) is 43.3 Å². The van der Waals surface area contributed by atoms with E-state index in [9.17, 15) is 14.4 Å². The molecule has 2 aromatic heterocycles. The molecule has 0 fully saturated rings. The number of benzene rings is 2. The average Bonchev–Trinajstić information content (AvgIpc) is 2.80. The lowest BCUT2D eigenvalue weighted by molar-refractivity contribution is 0.0600. The number of amides is 1. The van der Waals surface area contributed by atoms with E-state index >= 15 is 0 Å². The first-order valence-electron chi connectivity index (χ1n) is 9.86. The van der Waals surface area contributed by atoms with E-state index < -0.39 is 17.5 Å². The Labute approximate surface area is 183 Å². The lowest BCUT2D eigenvalue weighted by Crippen LogP contribution is -2.28. The van der Waals surface area contributed by atoms with Crippen LogP contribution in [0.3, 0.4) is 0 Å². The van der Waals surface area contributed by atoms with Crippen molar-refractivity contribution in [3.8, 4) is 0 Å². The fourth-order valence-electron chi connectivity index (χ4n) is 3.32. The zero-order valence-electron chi connectivity index (χ0n) is 17.8. The second kappa shape index (κ2) is 8.50. The summed E-state index contributed by atoms with van der Waals surface area (Å²) >= 11 is 0. The molecule has 2 heterocycles. The summed E-state index contributed by atoms with van der Waals surface area (Å²) in [4.78, 5) is 42.6. The molecule has 0 saturated carbocycles. The number of carbonyl (C=O) groups is 2. The van der Waals surface area contributed by atoms with Crippen molar-refractivity contribution in [1.82, 2.24) is 10.3 Å². The molecular formula is C24H21N3O5. The summed E-state index contributed by atoms with van der Waals surface area (Å²) in [5.74, 6) is -1.06. The van der Waals surface area contributed by atoms with Crippen LogP contribution in [0, 0.1) is 0 Å². The van der Waals surface area contributed by atoms with Gasteiger partial charge in [0.2, 0.25) is 0 Å². The first kappa shape index (κ1) is 21.0. The van der Waals surface area contributed by atoms with Gasteiger partial charge in [-0.15, -0.1) is 0 Å². The molecule has 4 rings (SSSR count). The highest BCUT2D eigenvalue weighted by Crippen LogP contribution is 2.26. The number of anilines is 1. The Morgan fingerprint density at radius 2 is 1.84 bits per heavy atom. The lowest BCUT2D eigenvalue weighted by Gasteiger charge is -2.13. The van der Waals surface area contributed by atoms with Crippen LogP contribution in [0.4, 0.5) is 5.69 Å². The molecule has 0 radical (unpaired) electrons. The van der Waals surface area contributed by atoms with Gasteiger partial charge in [0.25, 0.3) is 5.91 Å². The lowest BCUT2D eigenvalue weighted by atomic mass is 10.1. The summed E-state index contributed by atoms with van der Waals surface area (Å²) in [6.07, 6.45) is 1.37. The van der Waals surface area contributed by atoms with Crippen LogP contribution in [0.5, 0.6) is 0 Å². The average molecular weight is 431 g/mol. The highest BCUT2D eigenvalue weighted by molar-refractivity contribution is 6.01. The molecule has 0 saturated heterocycles. The van der Waals surface area contributed by atoms with Crippen LogP contribution in [-0.2, 0) is 11.3 Å². The molecule has 8 nitrogen and oxygen atoms in total. The number of aromatic nitrogens is 1. The maximum absolute atomic E-state index is 12.6. The molecule has 2 aromatic carbocycles. The van der Waals surface area contributed by atoms with Gasteiger partial charge in [-0.2, -0.15) is 0 Å². The van der Waals surface area contributed by atoms with Gasteiger partial charge in [-0.05, 0) is 53.2 Å². The van der Waals surface area contributed by atoms with Gasteiger partial charge in [-0.3, -0.25) is 9.78 Å². The fourth-order valence-corrected chi connectivity index (χ4v) is 3.32. The molecule has 8 heteroatoms. The number of fused-ring (bicyclic) bond motifs is 2. The number of ether oxygens (including phenoxy) is 1. The highest BCUT2D eigenvalue weighted by atomic mass is 16.5. The van der Waals surface area contributed by atoms with Crippen LogP contribution < -0.4 is 15.8 Å². The summed E-state index contributed by atoms with van der Waals surface area (Å²) in [7, 11) is 5.20. The minimum Gasteiger partial charge on any atom is -0.465 e. The number of hydrogen-bond acceptors (Lipinski definition) is 7. The first-order valence-corrected chi connectivity index (χ1v) is 9.86. The van der Waals surface area contributed by atoms with Crippen molar-refractivity contribution in [3.05, 3.63) is 82.0 Å². The number of carbonyl (C=O) groups excluding carboxylic acids is 2. The predicted octanol–water partition coefficient (Wildman–Crippen LogP) is 3.12.